The van der Waals surface area contributed by atoms with Crippen molar-refractivity contribution in [3.05, 3.63) is 89.8 Å². The topological polar surface area (TPSA) is 24.9 Å². The fourth-order valence-electron chi connectivity index (χ4n) is 2.49. The summed E-state index contributed by atoms with van der Waals surface area (Å²) in [5.41, 5.74) is 5.30. The lowest BCUT2D eigenvalue weighted by molar-refractivity contribution is -0.125. The third kappa shape index (κ3) is 7.82. The fraction of sp³-hybridized carbons (Fsp3) is 0.261. The maximum absolute atomic E-state index is 12.0. The highest BCUT2D eigenvalue weighted by atomic mass is 19.4. The van der Waals surface area contributed by atoms with Gasteiger partial charge in [0.2, 0.25) is 0 Å². The van der Waals surface area contributed by atoms with E-state index in [4.69, 9.17) is 0 Å². The summed E-state index contributed by atoms with van der Waals surface area (Å²) >= 11 is 0. The van der Waals surface area contributed by atoms with Crippen molar-refractivity contribution in [3.8, 4) is 11.3 Å². The summed E-state index contributed by atoms with van der Waals surface area (Å²) in [6.07, 6.45) is 5.38. The van der Waals surface area contributed by atoms with E-state index in [2.05, 4.69) is 41.5 Å². The summed E-state index contributed by atoms with van der Waals surface area (Å²) in [4.78, 5) is 4.52. The van der Waals surface area contributed by atoms with E-state index in [1.807, 2.05) is 37.4 Å². The van der Waals surface area contributed by atoms with E-state index in [0.29, 0.717) is 13.0 Å². The van der Waals surface area contributed by atoms with Gasteiger partial charge in [0.1, 0.15) is 0 Å². The average Bonchev–Trinajstić information content (AvgIpc) is 2.67. The van der Waals surface area contributed by atoms with Crippen molar-refractivity contribution < 1.29 is 13.2 Å². The molecule has 2 nitrogen and oxygen atoms in total. The Bertz CT molecular complexity index is 814. The number of halogens is 3. The number of pyridine rings is 1. The van der Waals surface area contributed by atoms with Crippen LogP contribution >= 0.6 is 0 Å². The Balaban J connectivity index is 1.82. The molecule has 1 aromatic heterocycles. The van der Waals surface area contributed by atoms with Crippen LogP contribution < -0.4 is 5.32 Å². The van der Waals surface area contributed by atoms with Crippen molar-refractivity contribution in [3.63, 3.8) is 0 Å². The highest BCUT2D eigenvalue weighted by Gasteiger charge is 2.24. The second-order valence-electron chi connectivity index (χ2n) is 6.46. The van der Waals surface area contributed by atoms with Gasteiger partial charge in [0.05, 0.1) is 12.1 Å². The Morgan fingerprint density at radius 3 is 2.36 bits per heavy atom. The summed E-state index contributed by atoms with van der Waals surface area (Å²) in [5, 5.41) is 3.33. The van der Waals surface area contributed by atoms with Gasteiger partial charge in [-0.2, -0.15) is 13.2 Å². The summed E-state index contributed by atoms with van der Waals surface area (Å²) in [5.74, 6) is 0. The van der Waals surface area contributed by atoms with Crippen LogP contribution in [0.5, 0.6) is 0 Å². The molecule has 0 aliphatic heterocycles. The van der Waals surface area contributed by atoms with Crippen molar-refractivity contribution in [2.24, 2.45) is 0 Å². The summed E-state index contributed by atoms with van der Waals surface area (Å²) < 4.78 is 36.1. The number of alkyl halides is 3. The van der Waals surface area contributed by atoms with Gasteiger partial charge in [-0.1, -0.05) is 66.3 Å². The van der Waals surface area contributed by atoms with E-state index >= 15 is 0 Å². The predicted octanol–water partition coefficient (Wildman–Crippen LogP) is 6.51. The van der Waals surface area contributed by atoms with Crippen LogP contribution in [0.4, 0.5) is 13.2 Å². The summed E-state index contributed by atoms with van der Waals surface area (Å²) in [7, 11) is 0. The molecule has 0 atom stereocenters. The zero-order valence-corrected chi connectivity index (χ0v) is 16.1. The van der Waals surface area contributed by atoms with Crippen LogP contribution in [0, 0.1) is 6.92 Å². The highest BCUT2D eigenvalue weighted by Crippen LogP contribution is 2.20. The first-order valence-corrected chi connectivity index (χ1v) is 9.17. The van der Waals surface area contributed by atoms with Gasteiger partial charge in [-0.25, -0.2) is 0 Å². The molecule has 0 saturated carbocycles. The number of rotatable bonds is 8. The van der Waals surface area contributed by atoms with E-state index < -0.39 is 12.6 Å². The molecule has 0 aliphatic carbocycles. The van der Waals surface area contributed by atoms with Crippen LogP contribution in [-0.2, 0) is 6.54 Å². The number of nitrogens with one attached hydrogen (secondary N) is 1. The monoisotopic (exact) mass is 386 g/mol. The number of benzene rings is 1. The molecule has 0 unspecified atom stereocenters. The standard InChI is InChI=1S/C23H25F3N2/c1-3-21(8-6-4-5-7-15-23(24,25)26)27-16-19-11-14-22(28-17-19)20-12-9-18(2)10-13-20/h3-7,9-14,17,27H,8,15-16H2,1-2H3/b6-4-,7-5-,21-3-. The third-order valence-corrected chi connectivity index (χ3v) is 4.11. The van der Waals surface area contributed by atoms with E-state index in [1.54, 1.807) is 6.08 Å². The molecule has 148 valence electrons. The first kappa shape index (κ1) is 21.5. The molecule has 5 heteroatoms. The van der Waals surface area contributed by atoms with E-state index in [1.165, 1.54) is 11.6 Å². The molecule has 1 heterocycles. The Kier molecular flexibility index (Phi) is 8.05. The smallest absolute Gasteiger partial charge is 0.384 e. The molecule has 0 saturated heterocycles. The van der Waals surface area contributed by atoms with Crippen LogP contribution in [0.2, 0.25) is 0 Å². The van der Waals surface area contributed by atoms with E-state index in [9.17, 15) is 13.2 Å². The molecule has 0 radical (unpaired) electrons. The average molecular weight is 386 g/mol. The van der Waals surface area contributed by atoms with E-state index in [-0.39, 0.29) is 0 Å². The predicted molar refractivity (Wildman–Crippen MR) is 109 cm³/mol. The van der Waals surface area contributed by atoms with Gasteiger partial charge in [-0.3, -0.25) is 4.98 Å². The maximum Gasteiger partial charge on any atom is 0.392 e. The van der Waals surface area contributed by atoms with Crippen molar-refractivity contribution in [1.29, 1.82) is 0 Å². The molecule has 0 bridgehead atoms. The lowest BCUT2D eigenvalue weighted by Gasteiger charge is -2.09. The second-order valence-corrected chi connectivity index (χ2v) is 6.46. The van der Waals surface area contributed by atoms with Gasteiger partial charge in [-0.15, -0.1) is 0 Å². The van der Waals surface area contributed by atoms with Gasteiger partial charge in [0.15, 0.2) is 0 Å². The van der Waals surface area contributed by atoms with Gasteiger partial charge in [-0.05, 0) is 25.5 Å². The number of nitrogens with zero attached hydrogens (tertiary/aromatic N) is 1. The Morgan fingerprint density at radius 2 is 1.75 bits per heavy atom. The molecule has 2 rings (SSSR count). The minimum Gasteiger partial charge on any atom is -0.384 e. The molecule has 0 amide bonds. The molecular weight excluding hydrogens is 361 g/mol. The first-order valence-electron chi connectivity index (χ1n) is 9.17. The molecule has 0 fully saturated rings. The zero-order valence-electron chi connectivity index (χ0n) is 16.1. The van der Waals surface area contributed by atoms with Crippen molar-refractivity contribution in [2.45, 2.75) is 39.4 Å². The number of allylic oxidation sites excluding steroid dienone is 5. The molecular formula is C23H25F3N2. The fourth-order valence-corrected chi connectivity index (χ4v) is 2.49. The van der Waals surface area contributed by atoms with Gasteiger partial charge in [0.25, 0.3) is 0 Å². The van der Waals surface area contributed by atoms with Crippen LogP contribution in [-0.4, -0.2) is 11.2 Å². The quantitative estimate of drug-likeness (QED) is 0.524. The number of hydrogen-bond donors (Lipinski definition) is 1. The first-order chi connectivity index (χ1) is 13.4. The van der Waals surface area contributed by atoms with Crippen LogP contribution in [0.15, 0.2) is 78.7 Å². The Hall–Kier alpha value is -2.82. The lowest BCUT2D eigenvalue weighted by Crippen LogP contribution is -2.12. The second kappa shape index (κ2) is 10.5. The molecule has 1 aromatic carbocycles. The van der Waals surface area contributed by atoms with Gasteiger partial charge in [0, 0.05) is 30.4 Å². The molecule has 2 aromatic rings. The summed E-state index contributed by atoms with van der Waals surface area (Å²) in [6.45, 7) is 4.62. The van der Waals surface area contributed by atoms with Crippen LogP contribution in [0.3, 0.4) is 0 Å². The molecule has 1 N–H and O–H groups in total. The highest BCUT2D eigenvalue weighted by molar-refractivity contribution is 5.59. The molecule has 0 spiro atoms. The number of aromatic nitrogens is 1. The van der Waals surface area contributed by atoms with Crippen molar-refractivity contribution >= 4 is 0 Å². The van der Waals surface area contributed by atoms with E-state index in [0.717, 1.165) is 28.6 Å². The maximum atomic E-state index is 12.0. The summed E-state index contributed by atoms with van der Waals surface area (Å²) in [6, 6.07) is 12.3. The largest absolute Gasteiger partial charge is 0.392 e. The Labute approximate surface area is 164 Å². The van der Waals surface area contributed by atoms with Crippen LogP contribution in [0.1, 0.15) is 30.9 Å². The lowest BCUT2D eigenvalue weighted by atomic mass is 10.1. The minimum atomic E-state index is -4.15. The Morgan fingerprint density at radius 1 is 1.04 bits per heavy atom. The molecule has 28 heavy (non-hydrogen) atoms. The number of hydrogen-bond acceptors (Lipinski definition) is 2. The third-order valence-electron chi connectivity index (χ3n) is 4.11. The van der Waals surface area contributed by atoms with Crippen LogP contribution in [0.25, 0.3) is 11.3 Å². The normalized spacial score (nSPS) is 12.8. The SMILES string of the molecule is C/C=C(/C/C=C\C=C/CC(F)(F)F)NCc1ccc(-c2ccc(C)cc2)nc1. The minimum absolute atomic E-state index is 0.627. The van der Waals surface area contributed by atoms with Gasteiger partial charge < -0.3 is 5.32 Å². The van der Waals surface area contributed by atoms with Gasteiger partial charge >= 0.3 is 6.18 Å². The number of aryl methyl sites for hydroxylation is 1. The van der Waals surface area contributed by atoms with Crippen molar-refractivity contribution in [1.82, 2.24) is 10.3 Å². The van der Waals surface area contributed by atoms with Crippen molar-refractivity contribution in [2.75, 3.05) is 0 Å². The zero-order chi connectivity index (χ0) is 20.4. The molecule has 0 aliphatic rings.